The second-order valence-corrected chi connectivity index (χ2v) is 4.40. The molecule has 1 aromatic heterocycles. The van der Waals surface area contributed by atoms with E-state index in [1.807, 2.05) is 0 Å². The molecule has 0 unspecified atom stereocenters. The predicted molar refractivity (Wildman–Crippen MR) is 76.3 cm³/mol. The number of carboxylic acid groups (broad SMARTS) is 1. The van der Waals surface area contributed by atoms with E-state index < -0.39 is 12.0 Å². The first-order valence-corrected chi connectivity index (χ1v) is 6.29. The first-order valence-electron chi connectivity index (χ1n) is 5.91. The van der Waals surface area contributed by atoms with Gasteiger partial charge in [-0.15, -0.1) is 0 Å². The van der Waals surface area contributed by atoms with Crippen molar-refractivity contribution in [3.05, 3.63) is 52.8 Å². The fraction of sp³-hybridized carbons (Fsp3) is 0.0769. The second kappa shape index (κ2) is 6.67. The number of carboxylic acids is 1. The van der Waals surface area contributed by atoms with Crippen LogP contribution in [0.25, 0.3) is 0 Å². The smallest absolute Gasteiger partial charge is 0.339 e. The van der Waals surface area contributed by atoms with Gasteiger partial charge >= 0.3 is 12.0 Å². The molecule has 8 heteroatoms. The zero-order valence-corrected chi connectivity index (χ0v) is 11.5. The minimum atomic E-state index is -1.22. The summed E-state index contributed by atoms with van der Waals surface area (Å²) >= 11 is 5.81. The fourth-order valence-electron chi connectivity index (χ4n) is 1.61. The third-order valence-electron chi connectivity index (χ3n) is 2.53. The van der Waals surface area contributed by atoms with Crippen LogP contribution in [0.15, 0.2) is 36.5 Å². The first kappa shape index (κ1) is 14.7. The molecule has 7 nitrogen and oxygen atoms in total. The lowest BCUT2D eigenvalue weighted by Gasteiger charge is -2.10. The zero-order valence-electron chi connectivity index (χ0n) is 10.7. The number of rotatable bonds is 4. The quantitative estimate of drug-likeness (QED) is 0.803. The molecule has 0 spiro atoms. The van der Waals surface area contributed by atoms with Crippen molar-refractivity contribution in [3.63, 3.8) is 0 Å². The molecule has 0 atom stereocenters. The van der Waals surface area contributed by atoms with Crippen LogP contribution in [-0.4, -0.2) is 27.3 Å². The van der Waals surface area contributed by atoms with Gasteiger partial charge in [0.05, 0.1) is 22.9 Å². The summed E-state index contributed by atoms with van der Waals surface area (Å²) in [6, 6.07) is 7.28. The van der Waals surface area contributed by atoms with E-state index in [-0.39, 0.29) is 22.8 Å². The molecule has 21 heavy (non-hydrogen) atoms. The molecule has 0 aliphatic heterocycles. The molecule has 0 saturated carbocycles. The number of nitrogens with one attached hydrogen (secondary N) is 2. The van der Waals surface area contributed by atoms with E-state index >= 15 is 0 Å². The van der Waals surface area contributed by atoms with Crippen molar-refractivity contribution in [2.45, 2.75) is 6.54 Å². The average Bonchev–Trinajstić information content (AvgIpc) is 2.46. The predicted octanol–water partition coefficient (Wildman–Crippen LogP) is 2.15. The highest BCUT2D eigenvalue weighted by Crippen LogP contribution is 2.24. The Morgan fingerprint density at radius 1 is 1.24 bits per heavy atom. The number of urea groups is 1. The lowest BCUT2D eigenvalue weighted by molar-refractivity contribution is 0.0698. The van der Waals surface area contributed by atoms with Crippen LogP contribution in [-0.2, 0) is 6.54 Å². The van der Waals surface area contributed by atoms with Gasteiger partial charge in [-0.3, -0.25) is 0 Å². The van der Waals surface area contributed by atoms with Gasteiger partial charge < -0.3 is 15.7 Å². The summed E-state index contributed by atoms with van der Waals surface area (Å²) in [7, 11) is 0. The molecule has 0 radical (unpaired) electrons. The van der Waals surface area contributed by atoms with E-state index in [4.69, 9.17) is 16.7 Å². The monoisotopic (exact) mass is 306 g/mol. The Bertz CT molecular complexity index is 664. The second-order valence-electron chi connectivity index (χ2n) is 3.99. The van der Waals surface area contributed by atoms with Crippen molar-refractivity contribution in [3.8, 4) is 0 Å². The van der Waals surface area contributed by atoms with Crippen LogP contribution in [0, 0.1) is 0 Å². The molecule has 0 aliphatic rings. The van der Waals surface area contributed by atoms with Crippen LogP contribution in [0.4, 0.5) is 10.5 Å². The standard InChI is InChI=1S/C13H11ClN4O3/c14-9-4-1-5-10(11(9)12(19)20)17-13(21)15-7-8-3-2-6-16-18-8/h1-6H,7H2,(H,19,20)(H2,15,17,21). The Morgan fingerprint density at radius 3 is 2.71 bits per heavy atom. The van der Waals surface area contributed by atoms with Crippen molar-refractivity contribution in [1.82, 2.24) is 15.5 Å². The van der Waals surface area contributed by atoms with Crippen LogP contribution in [0.2, 0.25) is 5.02 Å². The maximum absolute atomic E-state index is 11.8. The number of hydrogen-bond donors (Lipinski definition) is 3. The molecule has 3 N–H and O–H groups in total. The SMILES string of the molecule is O=C(NCc1cccnn1)Nc1cccc(Cl)c1C(=O)O. The number of hydrogen-bond acceptors (Lipinski definition) is 4. The summed E-state index contributed by atoms with van der Waals surface area (Å²) in [6.45, 7) is 0.169. The number of carbonyl (C=O) groups excluding carboxylic acids is 1. The van der Waals surface area contributed by atoms with Crippen molar-refractivity contribution in [2.24, 2.45) is 0 Å². The highest BCUT2D eigenvalue weighted by molar-refractivity contribution is 6.34. The van der Waals surface area contributed by atoms with Gasteiger partial charge in [-0.1, -0.05) is 17.7 Å². The highest BCUT2D eigenvalue weighted by Gasteiger charge is 2.15. The summed E-state index contributed by atoms with van der Waals surface area (Å²) < 4.78 is 0. The number of amides is 2. The molecule has 0 saturated heterocycles. The molecule has 1 heterocycles. The van der Waals surface area contributed by atoms with Gasteiger partial charge in [-0.25, -0.2) is 9.59 Å². The van der Waals surface area contributed by atoms with Crippen LogP contribution < -0.4 is 10.6 Å². The highest BCUT2D eigenvalue weighted by atomic mass is 35.5. The summed E-state index contributed by atoms with van der Waals surface area (Å²) in [6.07, 6.45) is 1.52. The normalized spacial score (nSPS) is 9.95. The van der Waals surface area contributed by atoms with Crippen LogP contribution in [0.1, 0.15) is 16.1 Å². The number of anilines is 1. The van der Waals surface area contributed by atoms with Crippen LogP contribution in [0.3, 0.4) is 0 Å². The molecule has 0 fully saturated rings. The molecule has 2 rings (SSSR count). The summed E-state index contributed by atoms with van der Waals surface area (Å²) in [4.78, 5) is 22.9. The van der Waals surface area contributed by atoms with Gasteiger partial charge in [0.1, 0.15) is 5.56 Å². The molecular formula is C13H11ClN4O3. The van der Waals surface area contributed by atoms with E-state index in [0.29, 0.717) is 5.69 Å². The molecular weight excluding hydrogens is 296 g/mol. The summed E-state index contributed by atoms with van der Waals surface area (Å²) in [5.41, 5.74) is 0.540. The maximum atomic E-state index is 11.8. The van der Waals surface area contributed by atoms with E-state index in [0.717, 1.165) is 0 Å². The topological polar surface area (TPSA) is 104 Å². The number of nitrogens with zero attached hydrogens (tertiary/aromatic N) is 2. The zero-order chi connectivity index (χ0) is 15.2. The van der Waals surface area contributed by atoms with E-state index in [1.165, 1.54) is 18.3 Å². The van der Waals surface area contributed by atoms with Crippen LogP contribution in [0.5, 0.6) is 0 Å². The number of aromatic nitrogens is 2. The van der Waals surface area contributed by atoms with Gasteiger partial charge in [0.25, 0.3) is 0 Å². The molecule has 2 aromatic rings. The Balaban J connectivity index is 2.03. The number of halogens is 1. The van der Waals surface area contributed by atoms with Gasteiger partial charge in [0, 0.05) is 6.20 Å². The third-order valence-corrected chi connectivity index (χ3v) is 2.85. The molecule has 1 aromatic carbocycles. The van der Waals surface area contributed by atoms with Crippen molar-refractivity contribution in [2.75, 3.05) is 5.32 Å². The molecule has 0 bridgehead atoms. The summed E-state index contributed by atoms with van der Waals surface area (Å²) in [5.74, 6) is -1.22. The molecule has 108 valence electrons. The third kappa shape index (κ3) is 3.90. The Hall–Kier alpha value is -2.67. The van der Waals surface area contributed by atoms with Gasteiger partial charge in [-0.2, -0.15) is 10.2 Å². The van der Waals surface area contributed by atoms with E-state index in [9.17, 15) is 9.59 Å². The minimum absolute atomic E-state index is 0.0502. The first-order chi connectivity index (χ1) is 10.1. The Kier molecular flexibility index (Phi) is 4.68. The van der Waals surface area contributed by atoms with Crippen molar-refractivity contribution < 1.29 is 14.7 Å². The number of aromatic carboxylic acids is 1. The van der Waals surface area contributed by atoms with Crippen LogP contribution >= 0.6 is 11.6 Å². The van der Waals surface area contributed by atoms with Gasteiger partial charge in [0.15, 0.2) is 0 Å². The maximum Gasteiger partial charge on any atom is 0.339 e. The number of benzene rings is 1. The summed E-state index contributed by atoms with van der Waals surface area (Å²) in [5, 5.41) is 21.6. The lowest BCUT2D eigenvalue weighted by atomic mass is 10.2. The fourth-order valence-corrected chi connectivity index (χ4v) is 1.87. The Labute approximate surface area is 125 Å². The molecule has 2 amide bonds. The minimum Gasteiger partial charge on any atom is -0.478 e. The van der Waals surface area contributed by atoms with E-state index in [2.05, 4.69) is 20.8 Å². The van der Waals surface area contributed by atoms with Crippen molar-refractivity contribution in [1.29, 1.82) is 0 Å². The largest absolute Gasteiger partial charge is 0.478 e. The number of carbonyl (C=O) groups is 2. The Morgan fingerprint density at radius 2 is 2.05 bits per heavy atom. The molecule has 0 aliphatic carbocycles. The van der Waals surface area contributed by atoms with E-state index in [1.54, 1.807) is 18.2 Å². The van der Waals surface area contributed by atoms with Crippen molar-refractivity contribution >= 4 is 29.3 Å². The van der Waals surface area contributed by atoms with Gasteiger partial charge in [-0.05, 0) is 24.3 Å². The lowest BCUT2D eigenvalue weighted by Crippen LogP contribution is -2.29. The average molecular weight is 307 g/mol. The van der Waals surface area contributed by atoms with Gasteiger partial charge in [0.2, 0.25) is 0 Å².